The van der Waals surface area contributed by atoms with Gasteiger partial charge in [-0.2, -0.15) is 20.4 Å². The molecule has 0 saturated heterocycles. The summed E-state index contributed by atoms with van der Waals surface area (Å²) in [6.07, 6.45) is 0. The second-order valence-electron chi connectivity index (χ2n) is 4.50. The number of amidine groups is 2. The minimum atomic E-state index is -0.899. The van der Waals surface area contributed by atoms with E-state index in [1.807, 2.05) is 0 Å². The summed E-state index contributed by atoms with van der Waals surface area (Å²) in [7, 11) is 0. The van der Waals surface area contributed by atoms with Gasteiger partial charge in [-0.05, 0) is 27.7 Å². The van der Waals surface area contributed by atoms with E-state index in [0.29, 0.717) is 0 Å². The van der Waals surface area contributed by atoms with Crippen molar-refractivity contribution in [1.82, 2.24) is 0 Å². The van der Waals surface area contributed by atoms with Gasteiger partial charge < -0.3 is 23.3 Å². The summed E-state index contributed by atoms with van der Waals surface area (Å²) in [6.45, 7) is 6.81. The van der Waals surface area contributed by atoms with Crippen molar-refractivity contribution in [3.05, 3.63) is 0 Å². The molecule has 0 amide bonds. The summed E-state index contributed by atoms with van der Waals surface area (Å²) in [5.41, 5.74) is 3.86. The van der Waals surface area contributed by atoms with Crippen LogP contribution in [-0.4, -0.2) is 22.7 Å². The molecular weight excluding hydrogens is 236 g/mol. The Labute approximate surface area is 105 Å². The van der Waals surface area contributed by atoms with Crippen LogP contribution in [0.15, 0.2) is 30.8 Å². The van der Waals surface area contributed by atoms with Crippen molar-refractivity contribution in [2.75, 3.05) is 0 Å². The molecule has 0 aliphatic rings. The Morgan fingerprint density at radius 2 is 1.33 bits per heavy atom. The van der Waals surface area contributed by atoms with Gasteiger partial charge in [-0.1, -0.05) is 5.22 Å². The van der Waals surface area contributed by atoms with E-state index in [1.165, 1.54) is 0 Å². The maximum absolute atomic E-state index is 5.60. The molecule has 0 spiro atoms. The molecule has 0 radical (unpaired) electrons. The van der Waals surface area contributed by atoms with Gasteiger partial charge >= 0.3 is 0 Å². The van der Waals surface area contributed by atoms with E-state index in [1.54, 1.807) is 27.7 Å². The van der Waals surface area contributed by atoms with Gasteiger partial charge in [-0.3, -0.25) is 0 Å². The molecule has 0 rings (SSSR count). The molecule has 0 aliphatic heterocycles. The van der Waals surface area contributed by atoms with Crippen LogP contribution in [0.4, 0.5) is 0 Å². The number of nitrogens with zero attached hydrogens (tertiary/aromatic N) is 6. The standard InChI is InChI=1S/C8H20N10/c1-7(2,5(9)13-10)16-17-8(3,4)6(14-11)15-18-12/h10-11H2,1-4H3,(H2,9,13)(H2,12,14,15). The molecule has 8 N–H and O–H groups in total. The molecule has 0 atom stereocenters. The van der Waals surface area contributed by atoms with E-state index in [9.17, 15) is 0 Å². The summed E-state index contributed by atoms with van der Waals surface area (Å²) >= 11 is 0. The predicted molar refractivity (Wildman–Crippen MR) is 69.5 cm³/mol. The predicted octanol–water partition coefficient (Wildman–Crippen LogP) is -0.175. The first kappa shape index (κ1) is 15.7. The summed E-state index contributed by atoms with van der Waals surface area (Å²) in [6, 6.07) is 0. The van der Waals surface area contributed by atoms with E-state index < -0.39 is 11.1 Å². The highest BCUT2D eigenvalue weighted by atomic mass is 15.4. The molecule has 10 nitrogen and oxygen atoms in total. The van der Waals surface area contributed by atoms with Gasteiger partial charge in [0.15, 0.2) is 0 Å². The molecule has 18 heavy (non-hydrogen) atoms. The number of azo groups is 1. The van der Waals surface area contributed by atoms with Gasteiger partial charge in [0.05, 0.1) is 0 Å². The number of hydrogen-bond acceptors (Lipinski definition) is 7. The Morgan fingerprint density at radius 3 is 1.72 bits per heavy atom. The van der Waals surface area contributed by atoms with Crippen LogP contribution in [0.3, 0.4) is 0 Å². The Kier molecular flexibility index (Phi) is 5.15. The summed E-state index contributed by atoms with van der Waals surface area (Å²) < 4.78 is 0. The lowest BCUT2D eigenvalue weighted by molar-refractivity contribution is 0.556. The minimum Gasteiger partial charge on any atom is -0.384 e. The number of hydrazone groups is 2. The fourth-order valence-corrected chi connectivity index (χ4v) is 0.865. The van der Waals surface area contributed by atoms with Crippen LogP contribution in [0.2, 0.25) is 0 Å². The second kappa shape index (κ2) is 5.89. The third-order valence-electron chi connectivity index (χ3n) is 2.14. The third-order valence-corrected chi connectivity index (χ3v) is 2.14. The molecule has 0 bridgehead atoms. The lowest BCUT2D eigenvalue weighted by Crippen LogP contribution is -2.38. The average Bonchev–Trinajstić information content (AvgIpc) is 2.32. The van der Waals surface area contributed by atoms with E-state index in [4.69, 9.17) is 23.3 Å². The molecule has 0 aliphatic carbocycles. The molecule has 0 aromatic rings. The summed E-state index contributed by atoms with van der Waals surface area (Å²) in [4.78, 5) is 0. The van der Waals surface area contributed by atoms with Crippen molar-refractivity contribution in [3.8, 4) is 0 Å². The zero-order chi connectivity index (χ0) is 14.4. The van der Waals surface area contributed by atoms with Gasteiger partial charge in [0.2, 0.25) is 5.84 Å². The maximum Gasteiger partial charge on any atom is 0.200 e. The first-order chi connectivity index (χ1) is 8.21. The Bertz CT molecular complexity index is 389. The smallest absolute Gasteiger partial charge is 0.200 e. The van der Waals surface area contributed by atoms with Crippen molar-refractivity contribution < 1.29 is 0 Å². The van der Waals surface area contributed by atoms with Crippen molar-refractivity contribution in [2.24, 2.45) is 54.0 Å². The Hall–Kier alpha value is -2.26. The number of rotatable bonds is 4. The number of hydrogen-bond donors (Lipinski definition) is 4. The van der Waals surface area contributed by atoms with Crippen LogP contribution in [0, 0.1) is 0 Å². The van der Waals surface area contributed by atoms with Crippen LogP contribution >= 0.6 is 0 Å². The topological polar surface area (TPSA) is 178 Å². The summed E-state index contributed by atoms with van der Waals surface area (Å²) in [5.74, 6) is 15.5. The van der Waals surface area contributed by atoms with Crippen LogP contribution in [-0.2, 0) is 0 Å². The van der Waals surface area contributed by atoms with E-state index >= 15 is 0 Å². The van der Waals surface area contributed by atoms with Crippen LogP contribution in [0.1, 0.15) is 27.7 Å². The maximum atomic E-state index is 5.60. The fraction of sp³-hybridized carbons (Fsp3) is 0.750. The minimum absolute atomic E-state index is 0.132. The zero-order valence-corrected chi connectivity index (χ0v) is 11.0. The van der Waals surface area contributed by atoms with E-state index in [0.717, 1.165) is 0 Å². The fourth-order valence-electron chi connectivity index (χ4n) is 0.865. The van der Waals surface area contributed by atoms with Crippen LogP contribution < -0.4 is 23.3 Å². The molecule has 0 saturated carbocycles. The van der Waals surface area contributed by atoms with Gasteiger partial charge in [0.25, 0.3) is 0 Å². The highest BCUT2D eigenvalue weighted by Crippen LogP contribution is 2.18. The monoisotopic (exact) mass is 256 g/mol. The molecule has 0 aromatic heterocycles. The van der Waals surface area contributed by atoms with Crippen molar-refractivity contribution >= 4 is 11.7 Å². The highest BCUT2D eigenvalue weighted by Gasteiger charge is 2.29. The first-order valence-corrected chi connectivity index (χ1v) is 5.08. The molecule has 0 aromatic carbocycles. The second-order valence-corrected chi connectivity index (χ2v) is 4.50. The Morgan fingerprint density at radius 1 is 0.833 bits per heavy atom. The lowest BCUT2D eigenvalue weighted by Gasteiger charge is -2.21. The van der Waals surface area contributed by atoms with E-state index in [2.05, 4.69) is 30.8 Å². The largest absolute Gasteiger partial charge is 0.384 e. The van der Waals surface area contributed by atoms with Crippen LogP contribution in [0.25, 0.3) is 0 Å². The normalized spacial score (nSPS) is 15.8. The van der Waals surface area contributed by atoms with Gasteiger partial charge in [0, 0.05) is 0 Å². The molecule has 10 heteroatoms. The molecule has 0 heterocycles. The number of nitrogens with two attached hydrogens (primary N) is 4. The van der Waals surface area contributed by atoms with E-state index in [-0.39, 0.29) is 11.7 Å². The summed E-state index contributed by atoms with van der Waals surface area (Å²) in [5, 5.41) is 21.7. The lowest BCUT2D eigenvalue weighted by atomic mass is 10.0. The zero-order valence-electron chi connectivity index (χ0n) is 11.0. The van der Waals surface area contributed by atoms with Crippen LogP contribution in [0.5, 0.6) is 0 Å². The average molecular weight is 256 g/mol. The first-order valence-electron chi connectivity index (χ1n) is 5.08. The quantitative estimate of drug-likeness (QED) is 0.179. The van der Waals surface area contributed by atoms with Gasteiger partial charge in [-0.25, -0.2) is 0 Å². The van der Waals surface area contributed by atoms with Crippen molar-refractivity contribution in [2.45, 2.75) is 38.8 Å². The van der Waals surface area contributed by atoms with Gasteiger partial charge in [-0.15, -0.1) is 5.11 Å². The Balaban J connectivity index is 5.20. The highest BCUT2D eigenvalue weighted by molar-refractivity contribution is 5.91. The molecular formula is C8H20N10. The van der Waals surface area contributed by atoms with Crippen molar-refractivity contribution in [1.29, 1.82) is 0 Å². The molecule has 0 unspecified atom stereocenters. The SMILES string of the molecule is CC(C)(N=NC(C)(C)C(N=NN)=NN)C(N)=NN. The van der Waals surface area contributed by atoms with Gasteiger partial charge in [0.1, 0.15) is 16.9 Å². The molecule has 0 fully saturated rings. The van der Waals surface area contributed by atoms with Crippen molar-refractivity contribution in [3.63, 3.8) is 0 Å². The third kappa shape index (κ3) is 3.96. The molecule has 102 valence electrons.